The van der Waals surface area contributed by atoms with Crippen molar-refractivity contribution in [1.29, 1.82) is 5.41 Å². The number of para-hydroxylation sites is 1. The van der Waals surface area contributed by atoms with Crippen molar-refractivity contribution in [3.8, 4) is 16.9 Å². The fraction of sp³-hybridized carbons (Fsp3) is 0.370. The topological polar surface area (TPSA) is 87.6 Å². The number of anilines is 1. The lowest BCUT2D eigenvalue weighted by Crippen LogP contribution is -2.50. The summed E-state index contributed by atoms with van der Waals surface area (Å²) >= 11 is 0. The van der Waals surface area contributed by atoms with Crippen LogP contribution in [0, 0.1) is 11.3 Å². The summed E-state index contributed by atoms with van der Waals surface area (Å²) in [6, 6.07) is 8.10. The van der Waals surface area contributed by atoms with Crippen LogP contribution in [0.3, 0.4) is 0 Å². The number of aromatic amines is 1. The normalized spacial score (nSPS) is 20.3. The van der Waals surface area contributed by atoms with E-state index in [0.29, 0.717) is 5.84 Å². The predicted molar refractivity (Wildman–Crippen MR) is 137 cm³/mol. The number of benzene rings is 1. The number of nitrogens with one attached hydrogen (secondary N) is 3. The Hall–Kier alpha value is -3.29. The summed E-state index contributed by atoms with van der Waals surface area (Å²) in [6.07, 6.45) is 11.6. The van der Waals surface area contributed by atoms with Crippen LogP contribution in [0.2, 0.25) is 0 Å². The molecule has 1 aliphatic carbocycles. The number of hydrogen-bond donors (Lipinski definition) is 4. The number of piperazine rings is 1. The van der Waals surface area contributed by atoms with Gasteiger partial charge in [-0.2, -0.15) is 0 Å². The second-order valence-corrected chi connectivity index (χ2v) is 9.04. The molecule has 3 aliphatic rings. The van der Waals surface area contributed by atoms with E-state index in [1.54, 1.807) is 7.11 Å². The molecule has 4 N–H and O–H groups in total. The first kappa shape index (κ1) is 22.5. The largest absolute Gasteiger partial charge is 0.496 e. The summed E-state index contributed by atoms with van der Waals surface area (Å²) in [4.78, 5) is 7.84. The molecule has 1 fully saturated rings. The number of methoxy groups -OCH3 is 1. The van der Waals surface area contributed by atoms with Gasteiger partial charge in [-0.3, -0.25) is 10.3 Å². The highest BCUT2D eigenvalue weighted by molar-refractivity contribution is 5.88. The van der Waals surface area contributed by atoms with E-state index in [0.717, 1.165) is 73.9 Å². The molecule has 34 heavy (non-hydrogen) atoms. The number of amidine groups is 1. The van der Waals surface area contributed by atoms with Gasteiger partial charge in [0, 0.05) is 68.1 Å². The van der Waals surface area contributed by atoms with Gasteiger partial charge in [0.15, 0.2) is 0 Å². The van der Waals surface area contributed by atoms with Gasteiger partial charge in [-0.1, -0.05) is 36.4 Å². The molecule has 5 rings (SSSR count). The van der Waals surface area contributed by atoms with E-state index >= 15 is 0 Å². The summed E-state index contributed by atoms with van der Waals surface area (Å²) in [7, 11) is 1.71. The molecule has 2 aromatic rings. The smallest absolute Gasteiger partial charge is 0.126 e. The van der Waals surface area contributed by atoms with Crippen molar-refractivity contribution in [2.24, 2.45) is 5.92 Å². The van der Waals surface area contributed by atoms with Gasteiger partial charge in [0.05, 0.1) is 13.7 Å². The molecular weight excluding hydrogens is 426 g/mol. The van der Waals surface area contributed by atoms with Crippen molar-refractivity contribution in [1.82, 2.24) is 14.8 Å². The number of allylic oxidation sites excluding steroid dienone is 2. The van der Waals surface area contributed by atoms with E-state index in [9.17, 15) is 5.11 Å². The minimum atomic E-state index is 0.0894. The first-order valence-corrected chi connectivity index (χ1v) is 12.0. The van der Waals surface area contributed by atoms with Crippen LogP contribution in [0.5, 0.6) is 5.75 Å². The molecule has 0 saturated carbocycles. The Morgan fingerprint density at radius 3 is 2.76 bits per heavy atom. The lowest BCUT2D eigenvalue weighted by atomic mass is 9.86. The number of fused-ring (bicyclic) bond motifs is 1. The Labute approximate surface area is 200 Å². The van der Waals surface area contributed by atoms with Crippen molar-refractivity contribution < 1.29 is 9.84 Å². The van der Waals surface area contributed by atoms with E-state index in [1.807, 2.05) is 24.4 Å². The average molecular weight is 460 g/mol. The van der Waals surface area contributed by atoms with E-state index in [-0.39, 0.29) is 12.5 Å². The second kappa shape index (κ2) is 9.91. The molecule has 3 heterocycles. The zero-order chi connectivity index (χ0) is 23.5. The van der Waals surface area contributed by atoms with Crippen LogP contribution in [0.1, 0.15) is 12.0 Å². The van der Waals surface area contributed by atoms with Crippen molar-refractivity contribution in [3.63, 3.8) is 0 Å². The third kappa shape index (κ3) is 4.41. The number of H-pyrrole nitrogens is 1. The monoisotopic (exact) mass is 459 g/mol. The van der Waals surface area contributed by atoms with Crippen LogP contribution in [-0.2, 0) is 0 Å². The molecule has 1 atom stereocenters. The number of rotatable bonds is 6. The Balaban J connectivity index is 1.32. The van der Waals surface area contributed by atoms with Gasteiger partial charge >= 0.3 is 0 Å². The average Bonchev–Trinajstić information content (AvgIpc) is 3.32. The van der Waals surface area contributed by atoms with Crippen LogP contribution < -0.4 is 10.1 Å². The minimum Gasteiger partial charge on any atom is -0.496 e. The number of aliphatic hydroxyl groups is 1. The SMILES string of the molecule is COc1ccccc1-c1c[nH]c2c1C=C(C1=CC=CC(C(=N)N3CCN(CCO)CC3)C1)CN2. The van der Waals surface area contributed by atoms with Gasteiger partial charge in [-0.15, -0.1) is 0 Å². The van der Waals surface area contributed by atoms with Gasteiger partial charge in [0.1, 0.15) is 17.4 Å². The fourth-order valence-electron chi connectivity index (χ4n) is 5.13. The zero-order valence-corrected chi connectivity index (χ0v) is 19.7. The van der Waals surface area contributed by atoms with E-state index in [4.69, 9.17) is 10.1 Å². The van der Waals surface area contributed by atoms with Gasteiger partial charge in [0.2, 0.25) is 0 Å². The molecule has 178 valence electrons. The second-order valence-electron chi connectivity index (χ2n) is 9.04. The lowest BCUT2D eigenvalue weighted by Gasteiger charge is -2.38. The van der Waals surface area contributed by atoms with Gasteiger partial charge < -0.3 is 25.0 Å². The maximum Gasteiger partial charge on any atom is 0.126 e. The molecule has 0 bridgehead atoms. The van der Waals surface area contributed by atoms with Crippen LogP contribution in [0.4, 0.5) is 5.82 Å². The van der Waals surface area contributed by atoms with Crippen molar-refractivity contribution in [2.45, 2.75) is 6.42 Å². The van der Waals surface area contributed by atoms with Crippen molar-refractivity contribution in [3.05, 3.63) is 65.4 Å². The summed E-state index contributed by atoms with van der Waals surface area (Å²) in [5.41, 5.74) is 5.88. The lowest BCUT2D eigenvalue weighted by molar-refractivity contribution is 0.145. The van der Waals surface area contributed by atoms with Gasteiger partial charge in [0.25, 0.3) is 0 Å². The Morgan fingerprint density at radius 2 is 1.97 bits per heavy atom. The minimum absolute atomic E-state index is 0.0894. The number of β-amino-alcohol motifs (C(OH)–C–C–N with tert-alkyl or cyclic N) is 1. The van der Waals surface area contributed by atoms with E-state index < -0.39 is 0 Å². The van der Waals surface area contributed by atoms with Crippen molar-refractivity contribution >= 4 is 17.7 Å². The number of hydrogen-bond acceptors (Lipinski definition) is 5. The quantitative estimate of drug-likeness (QED) is 0.392. The molecule has 0 spiro atoms. The third-order valence-electron chi connectivity index (χ3n) is 7.07. The summed E-state index contributed by atoms with van der Waals surface area (Å²) in [6.45, 7) is 5.18. The third-order valence-corrected chi connectivity index (χ3v) is 7.07. The highest BCUT2D eigenvalue weighted by atomic mass is 16.5. The van der Waals surface area contributed by atoms with E-state index in [2.05, 4.69) is 50.5 Å². The molecule has 0 amide bonds. The molecule has 0 radical (unpaired) electrons. The molecule has 1 unspecified atom stereocenters. The van der Waals surface area contributed by atoms with E-state index in [1.165, 1.54) is 11.1 Å². The number of aliphatic hydroxyl groups excluding tert-OH is 1. The van der Waals surface area contributed by atoms with Gasteiger partial charge in [-0.05, 0) is 29.7 Å². The number of aromatic nitrogens is 1. The maximum atomic E-state index is 9.17. The summed E-state index contributed by atoms with van der Waals surface area (Å²) in [5, 5.41) is 21.6. The zero-order valence-electron chi connectivity index (χ0n) is 19.7. The molecular formula is C27H33N5O2. The Kier molecular flexibility index (Phi) is 6.56. The standard InChI is InChI=1S/C27H33N5O2/c1-34-25-8-3-2-7-22(25)24-18-30-27-23(24)16-21(17-29-27)19-5-4-6-20(15-19)26(28)32-11-9-31(10-12-32)13-14-33/h2-8,16,18,20,28-30,33H,9-15,17H2,1H3. The predicted octanol–water partition coefficient (Wildman–Crippen LogP) is 3.59. The first-order valence-electron chi connectivity index (χ1n) is 12.0. The molecule has 1 saturated heterocycles. The molecule has 2 aliphatic heterocycles. The molecule has 7 nitrogen and oxygen atoms in total. The summed E-state index contributed by atoms with van der Waals surface area (Å²) < 4.78 is 5.60. The Bertz CT molecular complexity index is 1140. The van der Waals surface area contributed by atoms with Crippen LogP contribution in [-0.4, -0.2) is 78.7 Å². The fourth-order valence-corrected chi connectivity index (χ4v) is 5.13. The number of nitrogens with zero attached hydrogens (tertiary/aromatic N) is 2. The van der Waals surface area contributed by atoms with Gasteiger partial charge in [-0.25, -0.2) is 0 Å². The summed E-state index contributed by atoms with van der Waals surface area (Å²) in [5.74, 6) is 2.68. The molecule has 1 aromatic carbocycles. The highest BCUT2D eigenvalue weighted by Crippen LogP contribution is 2.39. The Morgan fingerprint density at radius 1 is 1.15 bits per heavy atom. The number of ether oxygens (including phenoxy) is 1. The maximum absolute atomic E-state index is 9.17. The van der Waals surface area contributed by atoms with Crippen LogP contribution >= 0.6 is 0 Å². The van der Waals surface area contributed by atoms with Crippen LogP contribution in [0.15, 0.2) is 59.8 Å². The first-order chi connectivity index (χ1) is 16.7. The van der Waals surface area contributed by atoms with Crippen molar-refractivity contribution in [2.75, 3.05) is 58.3 Å². The highest BCUT2D eigenvalue weighted by Gasteiger charge is 2.27. The van der Waals surface area contributed by atoms with Crippen LogP contribution in [0.25, 0.3) is 17.2 Å². The molecule has 1 aromatic heterocycles. The molecule has 7 heteroatoms.